The average Bonchev–Trinajstić information content (AvgIpc) is 2.92. The Morgan fingerprint density at radius 2 is 0.865 bits per heavy atom. The second-order valence-electron chi connectivity index (χ2n) is 8.39. The Kier molecular flexibility index (Phi) is 14.1. The molecule has 0 saturated carbocycles. The third-order valence-electron chi connectivity index (χ3n) is 5.05. The number of benzene rings is 3. The standard InChI is InChI=1S/C27H33O3S.C4H8O2/c1-4-19-28-22-7-13-25(14-8-22)31(26-15-9-23(10-16-26)29-20-5-2)27-17-11-24(12-18-27)30-21-6-3;1-2-3-4(5)6/h7-18H,4-6,19-21H2,1-3H3;2-3H2,1H3,(H,5,6)/q+1;/p-1. The summed E-state index contributed by atoms with van der Waals surface area (Å²) in [4.78, 5) is 13.3. The normalized spacial score (nSPS) is 10.4. The highest BCUT2D eigenvalue weighted by atomic mass is 32.2. The summed E-state index contributed by atoms with van der Waals surface area (Å²) in [5, 5.41) is 9.49. The van der Waals surface area contributed by atoms with Crippen molar-refractivity contribution in [1.29, 1.82) is 0 Å². The summed E-state index contributed by atoms with van der Waals surface area (Å²) in [6.45, 7) is 10.4. The van der Waals surface area contributed by atoms with Crippen LogP contribution in [0.2, 0.25) is 0 Å². The van der Waals surface area contributed by atoms with E-state index in [1.54, 1.807) is 6.92 Å². The van der Waals surface area contributed by atoms with E-state index in [9.17, 15) is 9.90 Å². The minimum absolute atomic E-state index is 0.181. The van der Waals surface area contributed by atoms with Crippen molar-refractivity contribution in [3.63, 3.8) is 0 Å². The highest BCUT2D eigenvalue weighted by Crippen LogP contribution is 2.34. The molecule has 0 aliphatic carbocycles. The van der Waals surface area contributed by atoms with Gasteiger partial charge in [-0.15, -0.1) is 0 Å². The van der Waals surface area contributed by atoms with Gasteiger partial charge < -0.3 is 24.1 Å². The number of rotatable bonds is 14. The lowest BCUT2D eigenvalue weighted by atomic mass is 10.3. The van der Waals surface area contributed by atoms with Gasteiger partial charge in [-0.3, -0.25) is 0 Å². The molecule has 5 nitrogen and oxygen atoms in total. The summed E-state index contributed by atoms with van der Waals surface area (Å²) < 4.78 is 17.3. The van der Waals surface area contributed by atoms with Crippen LogP contribution in [0.3, 0.4) is 0 Å². The molecule has 200 valence electrons. The van der Waals surface area contributed by atoms with E-state index in [0.717, 1.165) is 56.3 Å². The van der Waals surface area contributed by atoms with E-state index in [-0.39, 0.29) is 17.3 Å². The van der Waals surface area contributed by atoms with Crippen LogP contribution in [0.25, 0.3) is 0 Å². The van der Waals surface area contributed by atoms with Crippen LogP contribution < -0.4 is 19.3 Å². The van der Waals surface area contributed by atoms with Crippen LogP contribution >= 0.6 is 0 Å². The maximum atomic E-state index is 9.49. The van der Waals surface area contributed by atoms with Crippen molar-refractivity contribution in [3.8, 4) is 17.2 Å². The number of hydrogen-bond donors (Lipinski definition) is 0. The Morgan fingerprint density at radius 1 is 0.568 bits per heavy atom. The second kappa shape index (κ2) is 17.4. The molecule has 0 fully saturated rings. The van der Waals surface area contributed by atoms with Gasteiger partial charge in [-0.25, -0.2) is 0 Å². The van der Waals surface area contributed by atoms with E-state index in [1.807, 2.05) is 0 Å². The predicted octanol–water partition coefficient (Wildman–Crippen LogP) is 6.68. The smallest absolute Gasteiger partial charge is 0.166 e. The lowest BCUT2D eigenvalue weighted by Crippen LogP contribution is -2.20. The van der Waals surface area contributed by atoms with Crippen LogP contribution in [0.15, 0.2) is 87.5 Å². The van der Waals surface area contributed by atoms with Crippen LogP contribution in [-0.2, 0) is 15.7 Å². The molecule has 0 aliphatic rings. The van der Waals surface area contributed by atoms with Crippen molar-refractivity contribution in [2.75, 3.05) is 19.8 Å². The van der Waals surface area contributed by atoms with Crippen molar-refractivity contribution in [1.82, 2.24) is 0 Å². The van der Waals surface area contributed by atoms with Crippen LogP contribution in [0.5, 0.6) is 17.2 Å². The molecule has 0 aliphatic heterocycles. The molecule has 3 aromatic rings. The predicted molar refractivity (Wildman–Crippen MR) is 149 cm³/mol. The third-order valence-corrected chi connectivity index (χ3v) is 7.28. The molecular formula is C31H40O5S. The molecule has 0 heterocycles. The molecule has 0 unspecified atom stereocenters. The average molecular weight is 525 g/mol. The number of hydrogen-bond acceptors (Lipinski definition) is 5. The maximum Gasteiger partial charge on any atom is 0.166 e. The van der Waals surface area contributed by atoms with Crippen LogP contribution in [0.4, 0.5) is 0 Å². The first-order valence-corrected chi connectivity index (χ1v) is 14.4. The fraction of sp³-hybridized carbons (Fsp3) is 0.387. The SMILES string of the molecule is CCCC(=O)[O-].CCCOc1ccc([S+](c2ccc(OCCC)cc2)c2ccc(OCCC)cc2)cc1. The van der Waals surface area contributed by atoms with Gasteiger partial charge in [-0.1, -0.05) is 34.1 Å². The van der Waals surface area contributed by atoms with Gasteiger partial charge in [0, 0.05) is 5.97 Å². The molecule has 0 saturated heterocycles. The van der Waals surface area contributed by atoms with Crippen LogP contribution in [-0.4, -0.2) is 25.8 Å². The third kappa shape index (κ3) is 10.8. The van der Waals surface area contributed by atoms with Gasteiger partial charge in [0.1, 0.15) is 17.2 Å². The molecule has 3 rings (SSSR count). The Morgan fingerprint density at radius 3 is 1.05 bits per heavy atom. The van der Waals surface area contributed by atoms with Gasteiger partial charge in [0.2, 0.25) is 0 Å². The van der Waals surface area contributed by atoms with Crippen molar-refractivity contribution in [2.24, 2.45) is 0 Å². The molecule has 37 heavy (non-hydrogen) atoms. The number of carbonyl (C=O) groups is 1. The molecule has 3 aromatic carbocycles. The summed E-state index contributed by atoms with van der Waals surface area (Å²) in [6.07, 6.45) is 3.86. The number of ether oxygens (including phenoxy) is 3. The highest BCUT2D eigenvalue weighted by Gasteiger charge is 2.29. The molecule has 0 spiro atoms. The summed E-state index contributed by atoms with van der Waals surface area (Å²) in [7, 11) is -0.223. The van der Waals surface area contributed by atoms with E-state index in [2.05, 4.69) is 93.6 Å². The zero-order valence-electron chi connectivity index (χ0n) is 22.5. The maximum absolute atomic E-state index is 9.49. The monoisotopic (exact) mass is 524 g/mol. The van der Waals surface area contributed by atoms with Crippen LogP contribution in [0, 0.1) is 0 Å². The largest absolute Gasteiger partial charge is 0.550 e. The number of carboxylic acids is 1. The van der Waals surface area contributed by atoms with E-state index in [4.69, 9.17) is 14.2 Å². The first-order chi connectivity index (χ1) is 18.0. The molecule has 0 N–H and O–H groups in total. The fourth-order valence-electron chi connectivity index (χ4n) is 3.29. The molecule has 0 amide bonds. The molecular weight excluding hydrogens is 484 g/mol. The summed E-state index contributed by atoms with van der Waals surface area (Å²) in [6, 6.07) is 25.5. The topological polar surface area (TPSA) is 67.8 Å². The fourth-order valence-corrected chi connectivity index (χ4v) is 5.33. The number of carboxylic acid groups (broad SMARTS) is 1. The minimum atomic E-state index is -0.961. The zero-order chi connectivity index (χ0) is 26.9. The quantitative estimate of drug-likeness (QED) is 0.220. The van der Waals surface area contributed by atoms with E-state index < -0.39 is 5.97 Å². The van der Waals surface area contributed by atoms with Gasteiger partial charge in [0.05, 0.1) is 30.7 Å². The lowest BCUT2D eigenvalue weighted by molar-refractivity contribution is -0.305. The van der Waals surface area contributed by atoms with Crippen molar-refractivity contribution in [3.05, 3.63) is 72.8 Å². The summed E-state index contributed by atoms with van der Waals surface area (Å²) in [5.74, 6) is 1.79. The Hall–Kier alpha value is -3.12. The van der Waals surface area contributed by atoms with Crippen molar-refractivity contribution < 1.29 is 24.1 Å². The zero-order valence-corrected chi connectivity index (χ0v) is 23.4. The molecule has 0 bridgehead atoms. The van der Waals surface area contributed by atoms with Gasteiger partial charge >= 0.3 is 0 Å². The second-order valence-corrected chi connectivity index (χ2v) is 10.4. The van der Waals surface area contributed by atoms with E-state index in [0.29, 0.717) is 6.42 Å². The van der Waals surface area contributed by atoms with Crippen LogP contribution in [0.1, 0.15) is 59.8 Å². The van der Waals surface area contributed by atoms with Gasteiger partial charge in [0.15, 0.2) is 14.7 Å². The molecule has 0 radical (unpaired) electrons. The highest BCUT2D eigenvalue weighted by molar-refractivity contribution is 7.97. The number of aliphatic carboxylic acids is 1. The molecule has 0 aromatic heterocycles. The Bertz CT molecular complexity index is 895. The lowest BCUT2D eigenvalue weighted by Gasteiger charge is -2.11. The van der Waals surface area contributed by atoms with E-state index in [1.165, 1.54) is 14.7 Å². The number of carbonyl (C=O) groups excluding carboxylic acids is 1. The summed E-state index contributed by atoms with van der Waals surface area (Å²) in [5.41, 5.74) is 0. The van der Waals surface area contributed by atoms with E-state index >= 15 is 0 Å². The molecule has 6 heteroatoms. The minimum Gasteiger partial charge on any atom is -0.550 e. The van der Waals surface area contributed by atoms with Gasteiger partial charge in [-0.05, 0) is 98.5 Å². The Labute approximate surface area is 225 Å². The Balaban J connectivity index is 0.000000717. The van der Waals surface area contributed by atoms with Crippen molar-refractivity contribution >= 4 is 16.9 Å². The van der Waals surface area contributed by atoms with Crippen molar-refractivity contribution in [2.45, 2.75) is 74.5 Å². The summed E-state index contributed by atoms with van der Waals surface area (Å²) >= 11 is 0. The first kappa shape index (κ1) is 30.1. The first-order valence-electron chi connectivity index (χ1n) is 13.1. The van der Waals surface area contributed by atoms with Gasteiger partial charge in [0.25, 0.3) is 0 Å². The molecule has 0 atom stereocenters. The van der Waals surface area contributed by atoms with Gasteiger partial charge in [-0.2, -0.15) is 0 Å².